The molecule has 7 heteroatoms. The van der Waals surface area contributed by atoms with E-state index in [1.165, 1.54) is 4.90 Å². The second-order valence-corrected chi connectivity index (χ2v) is 6.09. The Kier molecular flexibility index (Phi) is 4.89. The fraction of sp³-hybridized carbons (Fsp3) is 0.529. The normalized spacial score (nSPS) is 20.0. The van der Waals surface area contributed by atoms with Crippen molar-refractivity contribution < 1.29 is 14.3 Å². The van der Waals surface area contributed by atoms with Gasteiger partial charge in [-0.3, -0.25) is 14.6 Å². The maximum Gasteiger partial charge on any atom is 0.324 e. The van der Waals surface area contributed by atoms with Crippen LogP contribution in [0.2, 0.25) is 0 Å². The Labute approximate surface area is 142 Å². The zero-order chi connectivity index (χ0) is 17.1. The van der Waals surface area contributed by atoms with E-state index in [-0.39, 0.29) is 18.0 Å². The van der Waals surface area contributed by atoms with Crippen molar-refractivity contribution >= 4 is 17.6 Å². The first-order valence-corrected chi connectivity index (χ1v) is 8.33. The smallest absolute Gasteiger partial charge is 0.324 e. The van der Waals surface area contributed by atoms with Gasteiger partial charge in [0.25, 0.3) is 0 Å². The van der Waals surface area contributed by atoms with Crippen LogP contribution in [0.15, 0.2) is 24.3 Å². The van der Waals surface area contributed by atoms with E-state index in [1.807, 2.05) is 25.1 Å². The first-order valence-electron chi connectivity index (χ1n) is 8.33. The molecule has 130 valence electrons. The molecule has 2 aliphatic heterocycles. The Morgan fingerprint density at radius 2 is 1.88 bits per heavy atom. The second kappa shape index (κ2) is 7.09. The summed E-state index contributed by atoms with van der Waals surface area (Å²) >= 11 is 0. The molecule has 1 aromatic carbocycles. The minimum Gasteiger partial charge on any atom is -0.495 e. The Morgan fingerprint density at radius 1 is 1.17 bits per heavy atom. The molecule has 0 bridgehead atoms. The topological polar surface area (TPSA) is 65.1 Å². The average Bonchev–Trinajstić information content (AvgIpc) is 3.06. The molecule has 0 spiro atoms. The van der Waals surface area contributed by atoms with E-state index in [0.29, 0.717) is 13.1 Å². The highest BCUT2D eigenvalue weighted by Crippen LogP contribution is 2.28. The van der Waals surface area contributed by atoms with Crippen molar-refractivity contribution in [3.63, 3.8) is 0 Å². The minimum atomic E-state index is -0.284. The number of hydrogen-bond acceptors (Lipinski definition) is 5. The summed E-state index contributed by atoms with van der Waals surface area (Å²) in [6, 6.07) is 7.41. The third-order valence-corrected chi connectivity index (χ3v) is 4.77. The van der Waals surface area contributed by atoms with Gasteiger partial charge in [0.2, 0.25) is 5.91 Å². The molecule has 0 radical (unpaired) electrons. The Bertz CT molecular complexity index is 614. The van der Waals surface area contributed by atoms with E-state index >= 15 is 0 Å². The van der Waals surface area contributed by atoms with Gasteiger partial charge in [-0.2, -0.15) is 0 Å². The number of amides is 3. The molecule has 1 atom stereocenters. The number of urea groups is 1. The lowest BCUT2D eigenvalue weighted by Crippen LogP contribution is -2.55. The van der Waals surface area contributed by atoms with Gasteiger partial charge in [-0.15, -0.1) is 0 Å². The second-order valence-electron chi connectivity index (χ2n) is 6.09. The van der Waals surface area contributed by atoms with Crippen molar-refractivity contribution in [2.45, 2.75) is 13.0 Å². The fourth-order valence-corrected chi connectivity index (χ4v) is 3.30. The van der Waals surface area contributed by atoms with Gasteiger partial charge in [0.05, 0.1) is 18.8 Å². The van der Waals surface area contributed by atoms with Crippen LogP contribution in [0.4, 0.5) is 10.5 Å². The van der Waals surface area contributed by atoms with Crippen LogP contribution in [0.1, 0.15) is 6.92 Å². The van der Waals surface area contributed by atoms with Gasteiger partial charge >= 0.3 is 6.03 Å². The molecule has 24 heavy (non-hydrogen) atoms. The number of imide groups is 1. The summed E-state index contributed by atoms with van der Waals surface area (Å²) in [6.07, 6.45) is 0. The van der Waals surface area contributed by atoms with Crippen LogP contribution in [-0.2, 0) is 4.79 Å². The molecule has 3 rings (SSSR count). The monoisotopic (exact) mass is 332 g/mol. The van der Waals surface area contributed by atoms with Gasteiger partial charge in [0.15, 0.2) is 0 Å². The summed E-state index contributed by atoms with van der Waals surface area (Å²) in [5.74, 6) is 0.750. The number of ether oxygens (including phenoxy) is 1. The van der Waals surface area contributed by atoms with Gasteiger partial charge in [0.1, 0.15) is 5.75 Å². The van der Waals surface area contributed by atoms with Crippen LogP contribution in [0.3, 0.4) is 0 Å². The van der Waals surface area contributed by atoms with Gasteiger partial charge < -0.3 is 15.0 Å². The van der Waals surface area contributed by atoms with E-state index in [1.54, 1.807) is 7.11 Å². The number of para-hydroxylation sites is 2. The predicted molar refractivity (Wildman–Crippen MR) is 91.4 cm³/mol. The highest BCUT2D eigenvalue weighted by atomic mass is 16.5. The summed E-state index contributed by atoms with van der Waals surface area (Å²) in [4.78, 5) is 29.9. The van der Waals surface area contributed by atoms with Crippen molar-refractivity contribution in [3.8, 4) is 5.75 Å². The van der Waals surface area contributed by atoms with Crippen molar-refractivity contribution in [2.24, 2.45) is 0 Å². The van der Waals surface area contributed by atoms with Gasteiger partial charge in [-0.05, 0) is 19.1 Å². The minimum absolute atomic E-state index is 0.115. The number of hydrogen-bond donors (Lipinski definition) is 1. The number of benzene rings is 1. The molecule has 7 nitrogen and oxygen atoms in total. The van der Waals surface area contributed by atoms with E-state index in [2.05, 4.69) is 21.2 Å². The van der Waals surface area contributed by atoms with Crippen LogP contribution in [-0.4, -0.2) is 74.2 Å². The number of nitrogens with one attached hydrogen (secondary N) is 1. The Balaban J connectivity index is 1.60. The summed E-state index contributed by atoms with van der Waals surface area (Å²) in [7, 11) is 1.68. The average molecular weight is 332 g/mol. The van der Waals surface area contributed by atoms with Crippen LogP contribution in [0.5, 0.6) is 5.75 Å². The lowest BCUT2D eigenvalue weighted by molar-refractivity contribution is -0.132. The molecule has 0 aromatic heterocycles. The van der Waals surface area contributed by atoms with Crippen LogP contribution in [0, 0.1) is 0 Å². The molecule has 0 aliphatic carbocycles. The number of nitrogens with zero attached hydrogens (tertiary/aromatic N) is 3. The molecule has 2 fully saturated rings. The summed E-state index contributed by atoms with van der Waals surface area (Å²) in [6.45, 7) is 6.09. The van der Waals surface area contributed by atoms with Gasteiger partial charge in [-0.1, -0.05) is 12.1 Å². The molecular weight excluding hydrogens is 308 g/mol. The third-order valence-electron chi connectivity index (χ3n) is 4.77. The number of anilines is 1. The lowest BCUT2D eigenvalue weighted by atomic mass is 10.2. The molecule has 1 aromatic rings. The molecule has 3 amide bonds. The number of carbonyl (C=O) groups is 2. The van der Waals surface area contributed by atoms with E-state index < -0.39 is 0 Å². The molecule has 0 unspecified atom stereocenters. The summed E-state index contributed by atoms with van der Waals surface area (Å²) < 4.78 is 5.43. The quantitative estimate of drug-likeness (QED) is 0.882. The van der Waals surface area contributed by atoms with Crippen molar-refractivity contribution in [1.82, 2.24) is 15.1 Å². The zero-order valence-corrected chi connectivity index (χ0v) is 14.2. The summed E-state index contributed by atoms with van der Waals surface area (Å²) in [5, 5.41) is 2.68. The number of methoxy groups -OCH3 is 1. The predicted octanol–water partition coefficient (Wildman–Crippen LogP) is 0.758. The van der Waals surface area contributed by atoms with Crippen molar-refractivity contribution in [1.29, 1.82) is 0 Å². The molecule has 0 saturated carbocycles. The fourth-order valence-electron chi connectivity index (χ4n) is 3.30. The van der Waals surface area contributed by atoms with Gasteiger partial charge in [-0.25, -0.2) is 4.79 Å². The highest BCUT2D eigenvalue weighted by Gasteiger charge is 2.33. The third kappa shape index (κ3) is 3.17. The molecule has 1 N–H and O–H groups in total. The Hall–Kier alpha value is -2.28. The van der Waals surface area contributed by atoms with Crippen molar-refractivity contribution in [2.75, 3.05) is 51.3 Å². The largest absolute Gasteiger partial charge is 0.495 e. The number of rotatable bonds is 4. The molecule has 2 saturated heterocycles. The standard InChI is InChI=1S/C17H24N4O3/c1-13(16(22)21-8-7-18-17(21)23)19-9-11-20(12-10-19)14-5-3-4-6-15(14)24-2/h3-6,13H,7-12H2,1-2H3,(H,18,23)/t13-/m0/s1. The van der Waals surface area contributed by atoms with Gasteiger partial charge in [0, 0.05) is 39.3 Å². The maximum atomic E-state index is 12.5. The maximum absolute atomic E-state index is 12.5. The molecule has 2 heterocycles. The first kappa shape index (κ1) is 16.6. The summed E-state index contributed by atoms with van der Waals surface area (Å²) in [5.41, 5.74) is 1.08. The molecule has 2 aliphatic rings. The van der Waals surface area contributed by atoms with Crippen LogP contribution >= 0.6 is 0 Å². The van der Waals surface area contributed by atoms with E-state index in [0.717, 1.165) is 37.6 Å². The number of piperazine rings is 1. The molecular formula is C17H24N4O3. The first-order chi connectivity index (χ1) is 11.6. The Morgan fingerprint density at radius 3 is 2.50 bits per heavy atom. The van der Waals surface area contributed by atoms with Crippen LogP contribution < -0.4 is 15.0 Å². The SMILES string of the molecule is COc1ccccc1N1CCN([C@@H](C)C(=O)N2CCNC2=O)CC1. The van der Waals surface area contributed by atoms with E-state index in [9.17, 15) is 9.59 Å². The van der Waals surface area contributed by atoms with Crippen molar-refractivity contribution in [3.05, 3.63) is 24.3 Å². The highest BCUT2D eigenvalue weighted by molar-refractivity contribution is 5.98. The van der Waals surface area contributed by atoms with E-state index in [4.69, 9.17) is 4.74 Å². The number of carbonyl (C=O) groups excluding carboxylic acids is 2. The lowest BCUT2D eigenvalue weighted by Gasteiger charge is -2.39. The van der Waals surface area contributed by atoms with Crippen LogP contribution in [0.25, 0.3) is 0 Å². The zero-order valence-electron chi connectivity index (χ0n) is 14.2.